The van der Waals surface area contributed by atoms with Crippen molar-refractivity contribution in [2.75, 3.05) is 20.1 Å². The van der Waals surface area contributed by atoms with E-state index in [4.69, 9.17) is 0 Å². The van der Waals surface area contributed by atoms with Gasteiger partial charge < -0.3 is 10.2 Å². The van der Waals surface area contributed by atoms with Gasteiger partial charge in [0.25, 0.3) is 0 Å². The van der Waals surface area contributed by atoms with Crippen LogP contribution in [0.15, 0.2) is 18.2 Å². The summed E-state index contributed by atoms with van der Waals surface area (Å²) in [5.74, 6) is 0.234. The van der Waals surface area contributed by atoms with Crippen molar-refractivity contribution in [2.45, 2.75) is 76.7 Å². The number of nitrogens with zero attached hydrogens (tertiary/aromatic N) is 1. The molecule has 1 amide bonds. The van der Waals surface area contributed by atoms with Crippen LogP contribution in [0.3, 0.4) is 0 Å². The number of amides is 1. The van der Waals surface area contributed by atoms with Crippen molar-refractivity contribution in [3.8, 4) is 0 Å². The van der Waals surface area contributed by atoms with E-state index in [1.54, 1.807) is 0 Å². The molecule has 1 N–H and O–H groups in total. The number of carbonyl (C=O) groups excluding carboxylic acids is 1. The molecule has 0 radical (unpaired) electrons. The minimum atomic E-state index is -0.244. The molecule has 0 aliphatic heterocycles. The van der Waals surface area contributed by atoms with Gasteiger partial charge in [-0.2, -0.15) is 0 Å². The van der Waals surface area contributed by atoms with Gasteiger partial charge in [0.05, 0.1) is 5.41 Å². The molecular weight excluding hydrogens is 308 g/mol. The molecule has 1 aromatic rings. The molecule has 0 unspecified atom stereocenters. The molecule has 138 valence electrons. The third-order valence-corrected chi connectivity index (χ3v) is 6.13. The van der Waals surface area contributed by atoms with E-state index in [0.29, 0.717) is 0 Å². The lowest BCUT2D eigenvalue weighted by atomic mass is 9.92. The largest absolute Gasteiger partial charge is 0.355 e. The van der Waals surface area contributed by atoms with Crippen molar-refractivity contribution < 1.29 is 4.79 Å². The Morgan fingerprint density at radius 3 is 2.36 bits per heavy atom. The van der Waals surface area contributed by atoms with Crippen LogP contribution in [0.1, 0.15) is 68.1 Å². The zero-order chi connectivity index (χ0) is 17.9. The highest BCUT2D eigenvalue weighted by molar-refractivity contribution is 5.91. The van der Waals surface area contributed by atoms with E-state index >= 15 is 0 Å². The quantitative estimate of drug-likeness (QED) is 0.757. The van der Waals surface area contributed by atoms with Crippen molar-refractivity contribution in [2.24, 2.45) is 0 Å². The Morgan fingerprint density at radius 1 is 1.12 bits per heavy atom. The van der Waals surface area contributed by atoms with Crippen molar-refractivity contribution in [3.63, 3.8) is 0 Å². The van der Waals surface area contributed by atoms with Gasteiger partial charge >= 0.3 is 0 Å². The molecule has 0 saturated heterocycles. The standard InChI is InChI=1S/C22H34N2O/c1-17-14-18(2)16-19(15-17)22(10-11-22)21(25)23-12-7-13-24(3)20-8-5-4-6-9-20/h14-16,20H,4-13H2,1-3H3,(H,23,25). The number of rotatable bonds is 7. The molecule has 2 aliphatic rings. The number of hydrogen-bond donors (Lipinski definition) is 1. The third kappa shape index (κ3) is 4.44. The average Bonchev–Trinajstić information content (AvgIpc) is 3.40. The first-order valence-corrected chi connectivity index (χ1v) is 10.1. The Morgan fingerprint density at radius 2 is 1.76 bits per heavy atom. The molecule has 3 rings (SSSR count). The summed E-state index contributed by atoms with van der Waals surface area (Å²) in [6, 6.07) is 7.32. The Hall–Kier alpha value is -1.35. The van der Waals surface area contributed by atoms with Crippen LogP contribution in [0.25, 0.3) is 0 Å². The van der Waals surface area contributed by atoms with Gasteiger partial charge in [-0.25, -0.2) is 0 Å². The number of benzene rings is 1. The van der Waals surface area contributed by atoms with E-state index in [1.165, 1.54) is 48.8 Å². The lowest BCUT2D eigenvalue weighted by molar-refractivity contribution is -0.123. The van der Waals surface area contributed by atoms with E-state index in [-0.39, 0.29) is 11.3 Å². The summed E-state index contributed by atoms with van der Waals surface area (Å²) >= 11 is 0. The molecule has 3 nitrogen and oxygen atoms in total. The first kappa shape index (κ1) is 18.4. The smallest absolute Gasteiger partial charge is 0.230 e. The predicted octanol–water partition coefficient (Wildman–Crippen LogP) is 4.11. The summed E-state index contributed by atoms with van der Waals surface area (Å²) in [6.07, 6.45) is 9.88. The fourth-order valence-corrected chi connectivity index (χ4v) is 4.43. The predicted molar refractivity (Wildman–Crippen MR) is 104 cm³/mol. The normalized spacial score (nSPS) is 19.8. The second-order valence-corrected chi connectivity index (χ2v) is 8.34. The highest BCUT2D eigenvalue weighted by Crippen LogP contribution is 2.48. The van der Waals surface area contributed by atoms with Crippen LogP contribution in [0.5, 0.6) is 0 Å². The van der Waals surface area contributed by atoms with Gasteiger partial charge in [0, 0.05) is 12.6 Å². The van der Waals surface area contributed by atoms with E-state index in [9.17, 15) is 4.79 Å². The summed E-state index contributed by atoms with van der Waals surface area (Å²) in [4.78, 5) is 15.3. The van der Waals surface area contributed by atoms with Crippen molar-refractivity contribution >= 4 is 5.91 Å². The van der Waals surface area contributed by atoms with Crippen LogP contribution in [-0.2, 0) is 10.2 Å². The lowest BCUT2D eigenvalue weighted by Crippen LogP contribution is -2.38. The minimum absolute atomic E-state index is 0.234. The maximum absolute atomic E-state index is 12.8. The molecule has 2 saturated carbocycles. The molecule has 25 heavy (non-hydrogen) atoms. The monoisotopic (exact) mass is 342 g/mol. The zero-order valence-electron chi connectivity index (χ0n) is 16.2. The van der Waals surface area contributed by atoms with E-state index < -0.39 is 0 Å². The fourth-order valence-electron chi connectivity index (χ4n) is 4.43. The van der Waals surface area contributed by atoms with Crippen LogP contribution in [0.4, 0.5) is 0 Å². The number of carbonyl (C=O) groups is 1. The Bertz CT molecular complexity index is 580. The first-order valence-electron chi connectivity index (χ1n) is 10.1. The van der Waals surface area contributed by atoms with Crippen molar-refractivity contribution in [1.29, 1.82) is 0 Å². The summed E-state index contributed by atoms with van der Waals surface area (Å²) in [5, 5.41) is 3.22. The molecule has 0 atom stereocenters. The molecule has 0 heterocycles. The maximum atomic E-state index is 12.8. The van der Waals surface area contributed by atoms with Gasteiger partial charge in [0.2, 0.25) is 5.91 Å². The number of aryl methyl sites for hydroxylation is 2. The SMILES string of the molecule is Cc1cc(C)cc(C2(C(=O)NCCCN(C)C3CCCCC3)CC2)c1. The fraction of sp³-hybridized carbons (Fsp3) is 0.682. The van der Waals surface area contributed by atoms with Crippen LogP contribution in [0.2, 0.25) is 0 Å². The van der Waals surface area contributed by atoms with E-state index in [1.807, 2.05) is 0 Å². The summed E-state index contributed by atoms with van der Waals surface area (Å²) in [5.41, 5.74) is 3.47. The second kappa shape index (κ2) is 7.90. The van der Waals surface area contributed by atoms with Gasteiger partial charge in [-0.3, -0.25) is 4.79 Å². The number of hydrogen-bond acceptors (Lipinski definition) is 2. The molecule has 0 aromatic heterocycles. The first-order chi connectivity index (χ1) is 12.0. The summed E-state index contributed by atoms with van der Waals surface area (Å²) < 4.78 is 0. The molecule has 2 aliphatic carbocycles. The topological polar surface area (TPSA) is 32.3 Å². The van der Waals surface area contributed by atoms with Crippen LogP contribution in [-0.4, -0.2) is 37.0 Å². The van der Waals surface area contributed by atoms with E-state index in [2.05, 4.69) is 49.3 Å². The van der Waals surface area contributed by atoms with Gasteiger partial charge in [-0.05, 0) is 65.1 Å². The van der Waals surface area contributed by atoms with Crippen LogP contribution in [0, 0.1) is 13.8 Å². The van der Waals surface area contributed by atoms with Gasteiger partial charge in [-0.1, -0.05) is 48.6 Å². The Balaban J connectivity index is 1.46. The Labute approximate surface area is 153 Å². The van der Waals surface area contributed by atoms with Crippen molar-refractivity contribution in [1.82, 2.24) is 10.2 Å². The Kier molecular flexibility index (Phi) is 5.83. The number of nitrogens with one attached hydrogen (secondary N) is 1. The van der Waals surface area contributed by atoms with Gasteiger partial charge in [-0.15, -0.1) is 0 Å². The summed E-state index contributed by atoms with van der Waals surface area (Å²) in [7, 11) is 2.25. The molecule has 0 bridgehead atoms. The molecule has 2 fully saturated rings. The van der Waals surface area contributed by atoms with Crippen LogP contribution < -0.4 is 5.32 Å². The summed E-state index contributed by atoms with van der Waals surface area (Å²) in [6.45, 7) is 6.11. The maximum Gasteiger partial charge on any atom is 0.230 e. The molecule has 1 aromatic carbocycles. The minimum Gasteiger partial charge on any atom is -0.355 e. The molecular formula is C22H34N2O. The van der Waals surface area contributed by atoms with E-state index in [0.717, 1.165) is 38.4 Å². The third-order valence-electron chi connectivity index (χ3n) is 6.13. The lowest BCUT2D eigenvalue weighted by Gasteiger charge is -2.31. The van der Waals surface area contributed by atoms with Gasteiger partial charge in [0.1, 0.15) is 0 Å². The van der Waals surface area contributed by atoms with Gasteiger partial charge in [0.15, 0.2) is 0 Å². The molecule has 0 spiro atoms. The highest BCUT2D eigenvalue weighted by atomic mass is 16.2. The second-order valence-electron chi connectivity index (χ2n) is 8.34. The zero-order valence-corrected chi connectivity index (χ0v) is 16.2. The highest BCUT2D eigenvalue weighted by Gasteiger charge is 2.51. The average molecular weight is 343 g/mol. The van der Waals surface area contributed by atoms with Crippen molar-refractivity contribution in [3.05, 3.63) is 34.9 Å². The molecule has 3 heteroatoms. The van der Waals surface area contributed by atoms with Crippen LogP contribution >= 0.6 is 0 Å².